The van der Waals surface area contributed by atoms with Gasteiger partial charge >= 0.3 is 0 Å². The Morgan fingerprint density at radius 1 is 1.29 bits per heavy atom. The summed E-state index contributed by atoms with van der Waals surface area (Å²) in [6, 6.07) is 2.68. The summed E-state index contributed by atoms with van der Waals surface area (Å²) in [5.41, 5.74) is 1.12. The molecule has 0 aliphatic carbocycles. The Labute approximate surface area is 102 Å². The number of benzene rings is 1. The van der Waals surface area contributed by atoms with Crippen LogP contribution in [0.25, 0.3) is 0 Å². The molecule has 0 aliphatic rings. The van der Waals surface area contributed by atoms with Gasteiger partial charge in [-0.2, -0.15) is 0 Å². The minimum Gasteiger partial charge on any atom is -0.375 e. The molecule has 1 N–H and O–H groups in total. The molecule has 0 amide bonds. The van der Waals surface area contributed by atoms with E-state index >= 15 is 0 Å². The first-order valence-corrected chi connectivity index (χ1v) is 6.05. The standard InChI is InChI=1S/C12H12F2N2S/c1-7-3-4-10(13)12(11(7)14)15-5-9-6-17-8(2)16-9/h3-4,6,15H,5H2,1-2H3. The van der Waals surface area contributed by atoms with Crippen LogP contribution in [0.1, 0.15) is 16.3 Å². The molecule has 2 nitrogen and oxygen atoms in total. The molecule has 0 fully saturated rings. The first kappa shape index (κ1) is 12.0. The summed E-state index contributed by atoms with van der Waals surface area (Å²) < 4.78 is 27.1. The number of nitrogens with zero attached hydrogens (tertiary/aromatic N) is 1. The summed E-state index contributed by atoms with van der Waals surface area (Å²) >= 11 is 1.51. The number of nitrogens with one attached hydrogen (secondary N) is 1. The maximum absolute atomic E-state index is 13.7. The second-order valence-electron chi connectivity index (χ2n) is 3.76. The largest absolute Gasteiger partial charge is 0.375 e. The molecule has 1 heterocycles. The molecule has 1 aromatic carbocycles. The number of halogens is 2. The molecular weight excluding hydrogens is 242 g/mol. The number of aromatic nitrogens is 1. The summed E-state index contributed by atoms with van der Waals surface area (Å²) in [5, 5.41) is 5.55. The lowest BCUT2D eigenvalue weighted by molar-refractivity contribution is 0.582. The van der Waals surface area contributed by atoms with Crippen molar-refractivity contribution >= 4 is 17.0 Å². The molecule has 0 saturated heterocycles. The van der Waals surface area contributed by atoms with Crippen LogP contribution in [-0.2, 0) is 6.54 Å². The van der Waals surface area contributed by atoms with Gasteiger partial charge in [-0.3, -0.25) is 0 Å². The van der Waals surface area contributed by atoms with Crippen LogP contribution in [0.2, 0.25) is 0 Å². The zero-order chi connectivity index (χ0) is 12.4. The van der Waals surface area contributed by atoms with Crippen molar-refractivity contribution in [2.45, 2.75) is 20.4 Å². The number of aryl methyl sites for hydroxylation is 2. The van der Waals surface area contributed by atoms with E-state index in [-0.39, 0.29) is 5.69 Å². The lowest BCUT2D eigenvalue weighted by atomic mass is 10.2. The zero-order valence-electron chi connectivity index (χ0n) is 9.55. The van der Waals surface area contributed by atoms with Crippen molar-refractivity contribution in [3.8, 4) is 0 Å². The minimum absolute atomic E-state index is 0.0874. The third-order valence-electron chi connectivity index (χ3n) is 2.40. The average molecular weight is 254 g/mol. The highest BCUT2D eigenvalue weighted by molar-refractivity contribution is 7.09. The van der Waals surface area contributed by atoms with Gasteiger partial charge in [-0.05, 0) is 25.5 Å². The lowest BCUT2D eigenvalue weighted by Gasteiger charge is -2.08. The third kappa shape index (κ3) is 2.61. The lowest BCUT2D eigenvalue weighted by Crippen LogP contribution is -2.05. The van der Waals surface area contributed by atoms with Crippen LogP contribution in [0.15, 0.2) is 17.5 Å². The highest BCUT2D eigenvalue weighted by Crippen LogP contribution is 2.22. The van der Waals surface area contributed by atoms with Crippen LogP contribution in [-0.4, -0.2) is 4.98 Å². The number of hydrogen-bond acceptors (Lipinski definition) is 3. The van der Waals surface area contributed by atoms with Gasteiger partial charge in [0.2, 0.25) is 0 Å². The summed E-state index contributed by atoms with van der Waals surface area (Å²) in [4.78, 5) is 4.22. The Morgan fingerprint density at radius 3 is 2.71 bits per heavy atom. The first-order valence-electron chi connectivity index (χ1n) is 5.17. The van der Waals surface area contributed by atoms with E-state index in [4.69, 9.17) is 0 Å². The average Bonchev–Trinajstić information content (AvgIpc) is 2.70. The zero-order valence-corrected chi connectivity index (χ0v) is 10.4. The van der Waals surface area contributed by atoms with E-state index in [0.29, 0.717) is 12.1 Å². The Balaban J connectivity index is 2.16. The van der Waals surface area contributed by atoms with Gasteiger partial charge in [0.1, 0.15) is 11.5 Å². The van der Waals surface area contributed by atoms with Gasteiger partial charge in [0.25, 0.3) is 0 Å². The van der Waals surface area contributed by atoms with E-state index in [1.54, 1.807) is 6.92 Å². The van der Waals surface area contributed by atoms with Crippen LogP contribution < -0.4 is 5.32 Å². The van der Waals surface area contributed by atoms with Gasteiger partial charge in [0.15, 0.2) is 5.82 Å². The SMILES string of the molecule is Cc1nc(CNc2c(F)ccc(C)c2F)cs1. The molecule has 17 heavy (non-hydrogen) atoms. The predicted octanol–water partition coefficient (Wildman–Crippen LogP) is 3.65. The van der Waals surface area contributed by atoms with Gasteiger partial charge < -0.3 is 5.32 Å². The van der Waals surface area contributed by atoms with Crippen LogP contribution in [0.4, 0.5) is 14.5 Å². The molecule has 2 aromatic rings. The highest BCUT2D eigenvalue weighted by atomic mass is 32.1. The van der Waals surface area contributed by atoms with E-state index in [9.17, 15) is 8.78 Å². The van der Waals surface area contributed by atoms with Crippen molar-refractivity contribution in [3.05, 3.63) is 45.4 Å². The van der Waals surface area contributed by atoms with Crippen molar-refractivity contribution in [1.29, 1.82) is 0 Å². The van der Waals surface area contributed by atoms with Crippen LogP contribution in [0, 0.1) is 25.5 Å². The fourth-order valence-electron chi connectivity index (χ4n) is 1.49. The van der Waals surface area contributed by atoms with E-state index in [1.807, 2.05) is 12.3 Å². The van der Waals surface area contributed by atoms with Crippen molar-refractivity contribution in [1.82, 2.24) is 4.98 Å². The second-order valence-corrected chi connectivity index (χ2v) is 4.83. The fraction of sp³-hybridized carbons (Fsp3) is 0.250. The molecule has 0 saturated carbocycles. The smallest absolute Gasteiger partial charge is 0.152 e. The van der Waals surface area contributed by atoms with Gasteiger partial charge in [-0.15, -0.1) is 11.3 Å². The topological polar surface area (TPSA) is 24.9 Å². The summed E-state index contributed by atoms with van der Waals surface area (Å²) in [6.07, 6.45) is 0. The molecule has 5 heteroatoms. The highest BCUT2D eigenvalue weighted by Gasteiger charge is 2.11. The van der Waals surface area contributed by atoms with E-state index < -0.39 is 11.6 Å². The van der Waals surface area contributed by atoms with Crippen molar-refractivity contribution in [2.75, 3.05) is 5.32 Å². The second kappa shape index (κ2) is 4.79. The number of rotatable bonds is 3. The van der Waals surface area contributed by atoms with Gasteiger partial charge in [-0.25, -0.2) is 13.8 Å². The summed E-state index contributed by atoms with van der Waals surface area (Å²) in [7, 11) is 0. The molecule has 1 aromatic heterocycles. The Morgan fingerprint density at radius 2 is 2.06 bits per heavy atom. The van der Waals surface area contributed by atoms with Crippen molar-refractivity contribution < 1.29 is 8.78 Å². The molecule has 90 valence electrons. The van der Waals surface area contributed by atoms with Crippen molar-refractivity contribution in [3.63, 3.8) is 0 Å². The Bertz CT molecular complexity index is 537. The van der Waals surface area contributed by atoms with Crippen LogP contribution in [0.3, 0.4) is 0 Å². The molecule has 2 rings (SSSR count). The first-order chi connectivity index (χ1) is 8.08. The summed E-state index contributed by atoms with van der Waals surface area (Å²) in [6.45, 7) is 3.82. The van der Waals surface area contributed by atoms with Gasteiger partial charge in [-0.1, -0.05) is 6.07 Å². The number of hydrogen-bond donors (Lipinski definition) is 1. The van der Waals surface area contributed by atoms with E-state index in [1.165, 1.54) is 23.5 Å². The van der Waals surface area contributed by atoms with Crippen molar-refractivity contribution in [2.24, 2.45) is 0 Å². The maximum Gasteiger partial charge on any atom is 0.152 e. The third-order valence-corrected chi connectivity index (χ3v) is 3.22. The molecular formula is C12H12F2N2S. The predicted molar refractivity (Wildman–Crippen MR) is 65.3 cm³/mol. The fourth-order valence-corrected chi connectivity index (χ4v) is 2.10. The quantitative estimate of drug-likeness (QED) is 0.904. The Hall–Kier alpha value is -1.49. The molecule has 0 unspecified atom stereocenters. The monoisotopic (exact) mass is 254 g/mol. The van der Waals surface area contributed by atoms with Gasteiger partial charge in [0, 0.05) is 5.38 Å². The van der Waals surface area contributed by atoms with Crippen LogP contribution >= 0.6 is 11.3 Å². The van der Waals surface area contributed by atoms with E-state index in [2.05, 4.69) is 10.3 Å². The molecule has 0 radical (unpaired) electrons. The number of thiazole rings is 1. The maximum atomic E-state index is 13.7. The van der Waals surface area contributed by atoms with Crippen LogP contribution in [0.5, 0.6) is 0 Å². The normalized spacial score (nSPS) is 10.6. The molecule has 0 aliphatic heterocycles. The molecule has 0 spiro atoms. The minimum atomic E-state index is -0.583. The summed E-state index contributed by atoms with van der Waals surface area (Å²) in [5.74, 6) is -1.13. The molecule has 0 bridgehead atoms. The van der Waals surface area contributed by atoms with E-state index in [0.717, 1.165) is 10.7 Å². The number of anilines is 1. The Kier molecular flexibility index (Phi) is 3.38. The molecule has 0 atom stereocenters. The van der Waals surface area contributed by atoms with Gasteiger partial charge in [0.05, 0.1) is 17.2 Å².